The molecular formula is C18H16BrF2N5OS. The van der Waals surface area contributed by atoms with Gasteiger partial charge in [-0.3, -0.25) is 4.79 Å². The van der Waals surface area contributed by atoms with Gasteiger partial charge in [-0.1, -0.05) is 45.9 Å². The number of nitrogens with two attached hydrogens (primary N) is 1. The van der Waals surface area contributed by atoms with Gasteiger partial charge in [0.25, 0.3) is 0 Å². The maximum absolute atomic E-state index is 13.9. The third kappa shape index (κ3) is 4.68. The average molecular weight is 468 g/mol. The van der Waals surface area contributed by atoms with Crippen molar-refractivity contribution in [3.05, 3.63) is 70.0 Å². The van der Waals surface area contributed by atoms with E-state index in [4.69, 9.17) is 5.84 Å². The zero-order valence-corrected chi connectivity index (χ0v) is 17.1. The predicted octanol–water partition coefficient (Wildman–Crippen LogP) is 3.74. The van der Waals surface area contributed by atoms with Crippen molar-refractivity contribution in [3.8, 4) is 0 Å². The Morgan fingerprint density at radius 3 is 2.71 bits per heavy atom. The van der Waals surface area contributed by atoms with E-state index in [1.54, 1.807) is 31.2 Å². The van der Waals surface area contributed by atoms with Gasteiger partial charge in [0.05, 0.1) is 10.9 Å². The molecule has 0 saturated heterocycles. The second-order valence-electron chi connectivity index (χ2n) is 5.91. The van der Waals surface area contributed by atoms with E-state index in [-0.39, 0.29) is 17.9 Å². The minimum Gasteiger partial charge on any atom is -0.336 e. The fourth-order valence-electron chi connectivity index (χ4n) is 2.36. The van der Waals surface area contributed by atoms with Crippen molar-refractivity contribution < 1.29 is 13.6 Å². The van der Waals surface area contributed by atoms with E-state index in [2.05, 4.69) is 31.4 Å². The van der Waals surface area contributed by atoms with Crippen LogP contribution in [0.25, 0.3) is 0 Å². The number of aromatic nitrogens is 3. The highest BCUT2D eigenvalue weighted by atomic mass is 79.9. The maximum Gasteiger partial charge on any atom is 0.237 e. The molecular weight excluding hydrogens is 452 g/mol. The normalized spacial score (nSPS) is 12.0. The standard InChI is InChI=1S/C18H16BrF2N5OS/c1-10(17(27)23-15-7-6-12(19)9-14(15)21)28-18-25-24-16(26(18)22)8-11-4-2-3-5-13(11)20/h2-7,9-10H,8,22H2,1H3,(H,23,27). The van der Waals surface area contributed by atoms with Gasteiger partial charge in [-0.15, -0.1) is 10.2 Å². The van der Waals surface area contributed by atoms with Crippen molar-refractivity contribution in [1.29, 1.82) is 0 Å². The molecule has 0 saturated carbocycles. The Hall–Kier alpha value is -2.46. The molecule has 0 aliphatic carbocycles. The molecule has 2 aromatic carbocycles. The summed E-state index contributed by atoms with van der Waals surface area (Å²) in [6.07, 6.45) is 0.168. The summed E-state index contributed by atoms with van der Waals surface area (Å²) in [5.41, 5.74) is 0.518. The molecule has 28 heavy (non-hydrogen) atoms. The fraction of sp³-hybridized carbons (Fsp3) is 0.167. The number of carbonyl (C=O) groups excluding carboxylic acids is 1. The molecule has 0 aliphatic rings. The lowest BCUT2D eigenvalue weighted by Gasteiger charge is -2.12. The van der Waals surface area contributed by atoms with Gasteiger partial charge in [0.2, 0.25) is 11.1 Å². The van der Waals surface area contributed by atoms with Crippen LogP contribution in [-0.4, -0.2) is 26.0 Å². The van der Waals surface area contributed by atoms with Gasteiger partial charge in [-0.25, -0.2) is 13.5 Å². The third-order valence-corrected chi connectivity index (χ3v) is 5.43. The summed E-state index contributed by atoms with van der Waals surface area (Å²) < 4.78 is 29.5. The molecule has 1 aromatic heterocycles. The summed E-state index contributed by atoms with van der Waals surface area (Å²) in [4.78, 5) is 12.3. The van der Waals surface area contributed by atoms with Crippen LogP contribution >= 0.6 is 27.7 Å². The van der Waals surface area contributed by atoms with E-state index < -0.39 is 17.0 Å². The molecule has 1 atom stereocenters. The Balaban J connectivity index is 1.67. The van der Waals surface area contributed by atoms with Crippen molar-refractivity contribution in [1.82, 2.24) is 14.9 Å². The Labute approximate surface area is 172 Å². The minimum atomic E-state index is -0.615. The van der Waals surface area contributed by atoms with Crippen LogP contribution < -0.4 is 11.2 Å². The number of nitrogens with one attached hydrogen (secondary N) is 1. The van der Waals surface area contributed by atoms with Gasteiger partial charge in [-0.05, 0) is 36.8 Å². The Morgan fingerprint density at radius 2 is 2.00 bits per heavy atom. The minimum absolute atomic E-state index is 0.0788. The quantitative estimate of drug-likeness (QED) is 0.425. The molecule has 0 radical (unpaired) electrons. The number of anilines is 1. The predicted molar refractivity (Wildman–Crippen MR) is 107 cm³/mol. The lowest BCUT2D eigenvalue weighted by Crippen LogP contribution is -2.24. The lowest BCUT2D eigenvalue weighted by atomic mass is 10.1. The molecule has 3 aromatic rings. The molecule has 10 heteroatoms. The number of hydrogen-bond acceptors (Lipinski definition) is 5. The Kier molecular flexibility index (Phi) is 6.30. The van der Waals surface area contributed by atoms with Crippen molar-refractivity contribution in [2.24, 2.45) is 0 Å². The molecule has 0 bridgehead atoms. The first-order valence-electron chi connectivity index (χ1n) is 8.20. The number of nitrogens with zero attached hydrogens (tertiary/aromatic N) is 3. The summed E-state index contributed by atoms with van der Waals surface area (Å²) in [7, 11) is 0. The SMILES string of the molecule is CC(Sc1nnc(Cc2ccccc2F)n1N)C(=O)Nc1ccc(Br)cc1F. The highest BCUT2D eigenvalue weighted by molar-refractivity contribution is 9.10. The first-order chi connectivity index (χ1) is 13.3. The van der Waals surface area contributed by atoms with E-state index in [9.17, 15) is 13.6 Å². The van der Waals surface area contributed by atoms with Crippen molar-refractivity contribution in [2.45, 2.75) is 23.8 Å². The molecule has 3 N–H and O–H groups in total. The van der Waals surface area contributed by atoms with Gasteiger partial charge in [0.15, 0.2) is 5.82 Å². The van der Waals surface area contributed by atoms with E-state index in [1.807, 2.05) is 0 Å². The van der Waals surface area contributed by atoms with Gasteiger partial charge in [-0.2, -0.15) is 0 Å². The second kappa shape index (κ2) is 8.70. The summed E-state index contributed by atoms with van der Waals surface area (Å²) in [5.74, 6) is 5.04. The van der Waals surface area contributed by atoms with Crippen LogP contribution in [0, 0.1) is 11.6 Å². The van der Waals surface area contributed by atoms with Crippen LogP contribution in [0.15, 0.2) is 52.1 Å². The molecule has 1 unspecified atom stereocenters. The highest BCUT2D eigenvalue weighted by Crippen LogP contribution is 2.24. The molecule has 1 amide bonds. The van der Waals surface area contributed by atoms with Crippen LogP contribution in [0.4, 0.5) is 14.5 Å². The van der Waals surface area contributed by atoms with Crippen LogP contribution in [0.2, 0.25) is 0 Å². The van der Waals surface area contributed by atoms with Crippen molar-refractivity contribution in [3.63, 3.8) is 0 Å². The Morgan fingerprint density at radius 1 is 1.25 bits per heavy atom. The zero-order chi connectivity index (χ0) is 20.3. The van der Waals surface area contributed by atoms with Gasteiger partial charge >= 0.3 is 0 Å². The molecule has 0 spiro atoms. The maximum atomic E-state index is 13.9. The molecule has 1 heterocycles. The fourth-order valence-corrected chi connectivity index (χ4v) is 3.48. The average Bonchev–Trinajstić information content (AvgIpc) is 2.99. The third-order valence-electron chi connectivity index (χ3n) is 3.88. The number of benzene rings is 2. The second-order valence-corrected chi connectivity index (χ2v) is 8.13. The topological polar surface area (TPSA) is 85.8 Å². The van der Waals surface area contributed by atoms with E-state index in [1.165, 1.54) is 22.9 Å². The van der Waals surface area contributed by atoms with Crippen LogP contribution in [0.5, 0.6) is 0 Å². The van der Waals surface area contributed by atoms with Crippen molar-refractivity contribution >= 4 is 39.3 Å². The summed E-state index contributed by atoms with van der Waals surface area (Å²) in [6.45, 7) is 1.64. The van der Waals surface area contributed by atoms with Crippen molar-refractivity contribution in [2.75, 3.05) is 11.2 Å². The summed E-state index contributed by atoms with van der Waals surface area (Å²) >= 11 is 4.23. The molecule has 0 fully saturated rings. The zero-order valence-electron chi connectivity index (χ0n) is 14.7. The number of hydrogen-bond donors (Lipinski definition) is 2. The van der Waals surface area contributed by atoms with Crippen LogP contribution in [0.1, 0.15) is 18.3 Å². The lowest BCUT2D eigenvalue weighted by molar-refractivity contribution is -0.115. The number of amides is 1. The van der Waals surface area contributed by atoms with Gasteiger partial charge in [0, 0.05) is 10.9 Å². The van der Waals surface area contributed by atoms with E-state index in [0.29, 0.717) is 21.0 Å². The van der Waals surface area contributed by atoms with E-state index >= 15 is 0 Å². The van der Waals surface area contributed by atoms with Gasteiger partial charge < -0.3 is 11.2 Å². The largest absolute Gasteiger partial charge is 0.336 e. The molecule has 6 nitrogen and oxygen atoms in total. The smallest absolute Gasteiger partial charge is 0.237 e. The summed E-state index contributed by atoms with van der Waals surface area (Å²) in [6, 6.07) is 10.7. The molecule has 146 valence electrons. The first-order valence-corrected chi connectivity index (χ1v) is 9.87. The molecule has 3 rings (SSSR count). The molecule has 0 aliphatic heterocycles. The first kappa shape index (κ1) is 20.3. The number of halogens is 3. The van der Waals surface area contributed by atoms with Gasteiger partial charge in [0.1, 0.15) is 11.6 Å². The highest BCUT2D eigenvalue weighted by Gasteiger charge is 2.21. The Bertz CT molecular complexity index is 1010. The van der Waals surface area contributed by atoms with E-state index in [0.717, 1.165) is 11.8 Å². The van der Waals surface area contributed by atoms with Crippen LogP contribution in [0.3, 0.4) is 0 Å². The number of nitrogen functional groups attached to an aromatic ring is 1. The number of rotatable bonds is 6. The summed E-state index contributed by atoms with van der Waals surface area (Å²) in [5, 5.41) is 10.2. The number of thioether (sulfide) groups is 1. The monoisotopic (exact) mass is 467 g/mol. The van der Waals surface area contributed by atoms with Crippen LogP contribution in [-0.2, 0) is 11.2 Å². The number of carbonyl (C=O) groups is 1.